The average molecular weight is 246 g/mol. The summed E-state index contributed by atoms with van der Waals surface area (Å²) >= 11 is 0. The molecule has 0 aliphatic rings. The Morgan fingerprint density at radius 1 is 1.07 bits per heavy atom. The van der Waals surface area contributed by atoms with Gasteiger partial charge in [-0.05, 0) is 0 Å². The zero-order valence-corrected chi connectivity index (χ0v) is 8.37. The molecule has 0 aliphatic heterocycles. The lowest BCUT2D eigenvalue weighted by molar-refractivity contribution is -0.175. The monoisotopic (exact) mass is 246 g/mol. The summed E-state index contributed by atoms with van der Waals surface area (Å²) in [5, 5.41) is 48.4. The van der Waals surface area contributed by atoms with E-state index in [-0.39, 0.29) is 0 Å². The van der Waals surface area contributed by atoms with E-state index in [1.54, 1.807) is 4.72 Å². The molecule has 10 heteroatoms. The summed E-state index contributed by atoms with van der Waals surface area (Å²) in [6.45, 7) is -0.663. The van der Waals surface area contributed by atoms with Crippen molar-refractivity contribution in [2.75, 3.05) is 6.54 Å². The van der Waals surface area contributed by atoms with Gasteiger partial charge in [-0.2, -0.15) is 13.1 Å². The van der Waals surface area contributed by atoms with Gasteiger partial charge < -0.3 is 25.5 Å². The number of aliphatic hydroxyl groups is 5. The molecule has 0 amide bonds. The third-order valence-corrected chi connectivity index (χ3v) is 2.11. The molecule has 0 rings (SSSR count). The topological polar surface area (TPSA) is 173 Å². The molecular weight excluding hydrogens is 232 g/mol. The van der Waals surface area contributed by atoms with Crippen molar-refractivity contribution in [2.24, 2.45) is 5.14 Å². The summed E-state index contributed by atoms with van der Waals surface area (Å²) in [5.74, 6) is 0. The van der Waals surface area contributed by atoms with E-state index in [9.17, 15) is 8.42 Å². The molecular formula is C5H14N2O7S. The van der Waals surface area contributed by atoms with Crippen LogP contribution in [0.25, 0.3) is 0 Å². The lowest BCUT2D eigenvalue weighted by Gasteiger charge is -2.23. The van der Waals surface area contributed by atoms with Gasteiger partial charge in [-0.25, -0.2) is 5.14 Å². The Hall–Kier alpha value is -0.330. The van der Waals surface area contributed by atoms with Crippen molar-refractivity contribution >= 4 is 10.2 Å². The Kier molecular flexibility index (Phi) is 5.55. The maximum atomic E-state index is 10.4. The third kappa shape index (κ3) is 5.96. The average Bonchev–Trinajstić information content (AvgIpc) is 2.10. The second-order valence-electron chi connectivity index (χ2n) is 2.86. The fraction of sp³-hybridized carbons (Fsp3) is 1.00. The van der Waals surface area contributed by atoms with Gasteiger partial charge >= 0.3 is 0 Å². The standard InChI is InChI=1S/C5H14N2O7S/c6-15(13,14)7-1-2(8)3(9)4(10)5(11)12/h2-5,7-12H,1H2,(H2,6,13,14). The van der Waals surface area contributed by atoms with Crippen molar-refractivity contribution in [3.8, 4) is 0 Å². The molecule has 3 atom stereocenters. The Morgan fingerprint density at radius 3 is 1.87 bits per heavy atom. The molecule has 0 aromatic carbocycles. The maximum Gasteiger partial charge on any atom is 0.274 e. The number of rotatable bonds is 6. The quantitative estimate of drug-likeness (QED) is 0.230. The number of nitrogens with one attached hydrogen (secondary N) is 1. The van der Waals surface area contributed by atoms with Crippen molar-refractivity contribution < 1.29 is 34.0 Å². The summed E-state index contributed by atoms with van der Waals surface area (Å²) in [7, 11) is -4.03. The fourth-order valence-corrected chi connectivity index (χ4v) is 1.13. The summed E-state index contributed by atoms with van der Waals surface area (Å²) in [5.41, 5.74) is 0. The van der Waals surface area contributed by atoms with Crippen LogP contribution in [0.2, 0.25) is 0 Å². The summed E-state index contributed by atoms with van der Waals surface area (Å²) < 4.78 is 22.4. The number of hydrogen-bond donors (Lipinski definition) is 7. The highest BCUT2D eigenvalue weighted by molar-refractivity contribution is 7.87. The summed E-state index contributed by atoms with van der Waals surface area (Å²) in [6, 6.07) is 0. The molecule has 0 saturated carbocycles. The van der Waals surface area contributed by atoms with Gasteiger partial charge in [0.15, 0.2) is 6.29 Å². The Balaban J connectivity index is 4.16. The third-order valence-electron chi connectivity index (χ3n) is 1.54. The van der Waals surface area contributed by atoms with Crippen molar-refractivity contribution in [1.82, 2.24) is 4.72 Å². The van der Waals surface area contributed by atoms with E-state index in [4.69, 9.17) is 25.5 Å². The second-order valence-corrected chi connectivity index (χ2v) is 4.23. The molecule has 8 N–H and O–H groups in total. The highest BCUT2D eigenvalue weighted by atomic mass is 32.2. The SMILES string of the molecule is NS(=O)(=O)NCC(O)C(O)C(O)C(O)O. The fourth-order valence-electron chi connectivity index (χ4n) is 0.726. The van der Waals surface area contributed by atoms with Crippen LogP contribution in [0.1, 0.15) is 0 Å². The van der Waals surface area contributed by atoms with E-state index < -0.39 is 41.4 Å². The zero-order chi connectivity index (χ0) is 12.2. The van der Waals surface area contributed by atoms with Gasteiger partial charge in [0.1, 0.15) is 12.2 Å². The van der Waals surface area contributed by atoms with Gasteiger partial charge in [0.25, 0.3) is 10.2 Å². The maximum absolute atomic E-state index is 10.4. The number of aliphatic hydroxyl groups excluding tert-OH is 4. The number of nitrogens with two attached hydrogens (primary N) is 1. The molecule has 0 bridgehead atoms. The summed E-state index contributed by atoms with van der Waals surface area (Å²) in [4.78, 5) is 0. The van der Waals surface area contributed by atoms with E-state index in [1.165, 1.54) is 0 Å². The zero-order valence-electron chi connectivity index (χ0n) is 7.55. The van der Waals surface area contributed by atoms with Crippen LogP contribution in [0, 0.1) is 0 Å². The Labute approximate surface area is 86.0 Å². The molecule has 0 aromatic rings. The lowest BCUT2D eigenvalue weighted by atomic mass is 10.1. The van der Waals surface area contributed by atoms with Gasteiger partial charge in [0.05, 0.1) is 6.10 Å². The molecule has 9 nitrogen and oxygen atoms in total. The van der Waals surface area contributed by atoms with Crippen LogP contribution in [-0.4, -0.2) is 65.1 Å². The summed E-state index contributed by atoms with van der Waals surface area (Å²) in [6.07, 6.45) is -7.90. The first-order valence-electron chi connectivity index (χ1n) is 3.83. The van der Waals surface area contributed by atoms with E-state index in [1.807, 2.05) is 0 Å². The van der Waals surface area contributed by atoms with Crippen molar-refractivity contribution in [2.45, 2.75) is 24.6 Å². The van der Waals surface area contributed by atoms with Gasteiger partial charge in [-0.1, -0.05) is 0 Å². The molecule has 15 heavy (non-hydrogen) atoms. The predicted octanol–water partition coefficient (Wildman–Crippen LogP) is -4.83. The van der Waals surface area contributed by atoms with E-state index in [2.05, 4.69) is 5.14 Å². The van der Waals surface area contributed by atoms with Crippen molar-refractivity contribution in [3.63, 3.8) is 0 Å². The van der Waals surface area contributed by atoms with Crippen molar-refractivity contribution in [3.05, 3.63) is 0 Å². The minimum Gasteiger partial charge on any atom is -0.389 e. The van der Waals surface area contributed by atoms with Crippen LogP contribution in [0.3, 0.4) is 0 Å². The molecule has 0 spiro atoms. The molecule has 0 aliphatic carbocycles. The smallest absolute Gasteiger partial charge is 0.274 e. The molecule has 0 heterocycles. The molecule has 3 unspecified atom stereocenters. The molecule has 0 fully saturated rings. The van der Waals surface area contributed by atoms with Gasteiger partial charge in [0.2, 0.25) is 0 Å². The molecule has 92 valence electrons. The van der Waals surface area contributed by atoms with Gasteiger partial charge in [-0.3, -0.25) is 0 Å². The molecule has 0 radical (unpaired) electrons. The van der Waals surface area contributed by atoms with Gasteiger partial charge in [0, 0.05) is 6.54 Å². The minimum absolute atomic E-state index is 0.663. The lowest BCUT2D eigenvalue weighted by Crippen LogP contribution is -2.49. The first-order valence-corrected chi connectivity index (χ1v) is 5.37. The van der Waals surface area contributed by atoms with Crippen LogP contribution in [0.4, 0.5) is 0 Å². The van der Waals surface area contributed by atoms with E-state index >= 15 is 0 Å². The largest absolute Gasteiger partial charge is 0.389 e. The van der Waals surface area contributed by atoms with Crippen LogP contribution in [-0.2, 0) is 10.2 Å². The Bertz CT molecular complexity index is 279. The first kappa shape index (κ1) is 14.7. The van der Waals surface area contributed by atoms with Crippen molar-refractivity contribution in [1.29, 1.82) is 0 Å². The second kappa shape index (κ2) is 5.67. The number of hydrogen-bond acceptors (Lipinski definition) is 7. The normalized spacial score (nSPS) is 18.9. The van der Waals surface area contributed by atoms with E-state index in [0.29, 0.717) is 0 Å². The van der Waals surface area contributed by atoms with E-state index in [0.717, 1.165) is 0 Å². The van der Waals surface area contributed by atoms with Crippen LogP contribution >= 0.6 is 0 Å². The highest BCUT2D eigenvalue weighted by Gasteiger charge is 2.29. The van der Waals surface area contributed by atoms with Crippen LogP contribution in [0.5, 0.6) is 0 Å². The minimum atomic E-state index is -4.03. The van der Waals surface area contributed by atoms with Gasteiger partial charge in [-0.15, -0.1) is 0 Å². The highest BCUT2D eigenvalue weighted by Crippen LogP contribution is 2.02. The Morgan fingerprint density at radius 2 is 1.53 bits per heavy atom. The first-order chi connectivity index (χ1) is 6.65. The molecule has 0 aromatic heterocycles. The molecule has 0 saturated heterocycles. The predicted molar refractivity (Wildman–Crippen MR) is 47.4 cm³/mol. The van der Waals surface area contributed by atoms with Crippen LogP contribution < -0.4 is 9.86 Å². The van der Waals surface area contributed by atoms with Crippen LogP contribution in [0.15, 0.2) is 0 Å².